The van der Waals surface area contributed by atoms with Crippen molar-refractivity contribution in [3.63, 3.8) is 0 Å². The maximum Gasteiger partial charge on any atom is 0.296 e. The molecule has 0 bridgehead atoms. The summed E-state index contributed by atoms with van der Waals surface area (Å²) >= 11 is 0. The molecular formula is C26H25N3O4. The third kappa shape index (κ3) is 4.48. The maximum atomic E-state index is 13.1. The zero-order valence-electron chi connectivity index (χ0n) is 18.6. The van der Waals surface area contributed by atoms with E-state index in [1.54, 1.807) is 61.1 Å². The molecule has 7 heteroatoms. The molecule has 1 amide bonds. The van der Waals surface area contributed by atoms with Crippen LogP contribution in [0, 0.1) is 6.92 Å². The number of ketones is 1. The van der Waals surface area contributed by atoms with Gasteiger partial charge in [0.2, 0.25) is 0 Å². The lowest BCUT2D eigenvalue weighted by atomic mass is 9.95. The fourth-order valence-electron chi connectivity index (χ4n) is 3.92. The van der Waals surface area contributed by atoms with Crippen LogP contribution in [0.2, 0.25) is 0 Å². The molecule has 168 valence electrons. The summed E-state index contributed by atoms with van der Waals surface area (Å²) in [6.45, 7) is 4.62. The first-order valence-electron chi connectivity index (χ1n) is 10.8. The van der Waals surface area contributed by atoms with E-state index in [4.69, 9.17) is 4.74 Å². The number of carbonyl (C=O) groups is 2. The Morgan fingerprint density at radius 3 is 2.64 bits per heavy atom. The van der Waals surface area contributed by atoms with Gasteiger partial charge < -0.3 is 14.7 Å². The van der Waals surface area contributed by atoms with E-state index in [-0.39, 0.29) is 17.9 Å². The standard InChI is InChI=1S/C26H25N3O4/c1-3-13-33-21-10-9-18(14-17(21)2)24(30)22-23(19-7-6-11-27-15-19)29(26(32)25(22)31)16-20-8-4-5-12-28-20/h4-12,14-15,23,30H,3,13,16H2,1-2H3/b24-22-. The number of aryl methyl sites for hydroxylation is 1. The summed E-state index contributed by atoms with van der Waals surface area (Å²) in [6.07, 6.45) is 5.73. The van der Waals surface area contributed by atoms with Crippen LogP contribution in [0.5, 0.6) is 5.75 Å². The van der Waals surface area contributed by atoms with E-state index < -0.39 is 17.7 Å². The SMILES string of the molecule is CCCOc1ccc(/C(O)=C2/C(=O)C(=O)N(Cc3ccccn3)C2c2cccnc2)cc1C. The van der Waals surface area contributed by atoms with Crippen LogP contribution in [0.3, 0.4) is 0 Å². The second-order valence-electron chi connectivity index (χ2n) is 7.86. The molecule has 3 heterocycles. The van der Waals surface area contributed by atoms with Gasteiger partial charge in [0.25, 0.3) is 11.7 Å². The molecule has 33 heavy (non-hydrogen) atoms. The molecule has 0 aliphatic carbocycles. The first kappa shape index (κ1) is 22.2. The van der Waals surface area contributed by atoms with Crippen molar-refractivity contribution < 1.29 is 19.4 Å². The van der Waals surface area contributed by atoms with Crippen LogP contribution >= 0.6 is 0 Å². The zero-order valence-corrected chi connectivity index (χ0v) is 18.6. The van der Waals surface area contributed by atoms with Gasteiger partial charge in [-0.25, -0.2) is 0 Å². The molecule has 1 aliphatic heterocycles. The second-order valence-corrected chi connectivity index (χ2v) is 7.86. The number of likely N-dealkylation sites (tertiary alicyclic amines) is 1. The summed E-state index contributed by atoms with van der Waals surface area (Å²) in [5, 5.41) is 11.2. The van der Waals surface area contributed by atoms with E-state index in [9.17, 15) is 14.7 Å². The highest BCUT2D eigenvalue weighted by atomic mass is 16.5. The number of hydrogen-bond acceptors (Lipinski definition) is 6. The Balaban J connectivity index is 1.79. The van der Waals surface area contributed by atoms with Crippen molar-refractivity contribution in [1.82, 2.24) is 14.9 Å². The summed E-state index contributed by atoms with van der Waals surface area (Å²) in [5.41, 5.74) is 2.58. The monoisotopic (exact) mass is 443 g/mol. The number of nitrogens with zero attached hydrogens (tertiary/aromatic N) is 3. The van der Waals surface area contributed by atoms with Crippen LogP contribution in [0.4, 0.5) is 0 Å². The third-order valence-corrected chi connectivity index (χ3v) is 5.51. The molecule has 1 aliphatic rings. The van der Waals surface area contributed by atoms with Gasteiger partial charge in [-0.2, -0.15) is 0 Å². The quantitative estimate of drug-likeness (QED) is 0.334. The molecule has 1 N–H and O–H groups in total. The largest absolute Gasteiger partial charge is 0.507 e. The van der Waals surface area contributed by atoms with Gasteiger partial charge in [0.05, 0.1) is 30.5 Å². The topological polar surface area (TPSA) is 92.6 Å². The highest BCUT2D eigenvalue weighted by Crippen LogP contribution is 2.40. The molecule has 0 radical (unpaired) electrons. The summed E-state index contributed by atoms with van der Waals surface area (Å²) in [5.74, 6) is -0.930. The molecule has 1 saturated heterocycles. The van der Waals surface area contributed by atoms with E-state index in [1.807, 2.05) is 19.9 Å². The number of aliphatic hydroxyl groups excluding tert-OH is 1. The lowest BCUT2D eigenvalue weighted by molar-refractivity contribution is -0.140. The lowest BCUT2D eigenvalue weighted by Gasteiger charge is -2.24. The van der Waals surface area contributed by atoms with Gasteiger partial charge in [-0.3, -0.25) is 19.6 Å². The van der Waals surface area contributed by atoms with Crippen LogP contribution in [0.15, 0.2) is 72.7 Å². The Bertz CT molecular complexity index is 1190. The summed E-state index contributed by atoms with van der Waals surface area (Å²) in [7, 11) is 0. The molecule has 1 aromatic carbocycles. The first-order chi connectivity index (χ1) is 16.0. The van der Waals surface area contributed by atoms with Crippen molar-refractivity contribution in [3.8, 4) is 5.75 Å². The predicted octanol–water partition coefficient (Wildman–Crippen LogP) is 4.20. The molecule has 4 rings (SSSR count). The van der Waals surface area contributed by atoms with Gasteiger partial charge in [-0.05, 0) is 60.9 Å². The highest BCUT2D eigenvalue weighted by Gasteiger charge is 2.46. The number of rotatable bonds is 7. The van der Waals surface area contributed by atoms with Crippen LogP contribution < -0.4 is 4.74 Å². The number of carbonyl (C=O) groups excluding carboxylic acids is 2. The number of benzene rings is 1. The fraction of sp³-hybridized carbons (Fsp3) is 0.231. The van der Waals surface area contributed by atoms with Crippen molar-refractivity contribution in [2.45, 2.75) is 32.9 Å². The minimum Gasteiger partial charge on any atom is -0.507 e. The van der Waals surface area contributed by atoms with Crippen molar-refractivity contribution in [1.29, 1.82) is 0 Å². The number of hydrogen-bond donors (Lipinski definition) is 1. The lowest BCUT2D eigenvalue weighted by Crippen LogP contribution is -2.29. The third-order valence-electron chi connectivity index (χ3n) is 5.51. The Morgan fingerprint density at radius 2 is 1.97 bits per heavy atom. The second kappa shape index (κ2) is 9.65. The fourth-order valence-corrected chi connectivity index (χ4v) is 3.92. The average molecular weight is 444 g/mol. The van der Waals surface area contributed by atoms with E-state index >= 15 is 0 Å². The normalized spacial score (nSPS) is 17.4. The van der Waals surface area contributed by atoms with Crippen LogP contribution in [-0.4, -0.2) is 38.3 Å². The van der Waals surface area contributed by atoms with Crippen molar-refractivity contribution in [2.24, 2.45) is 0 Å². The van der Waals surface area contributed by atoms with Gasteiger partial charge in [0.1, 0.15) is 11.5 Å². The Labute approximate surface area is 192 Å². The Hall–Kier alpha value is -4.00. The molecule has 2 aromatic heterocycles. The van der Waals surface area contributed by atoms with Gasteiger partial charge >= 0.3 is 0 Å². The number of aromatic nitrogens is 2. The molecule has 1 unspecified atom stereocenters. The molecular weight excluding hydrogens is 418 g/mol. The van der Waals surface area contributed by atoms with Gasteiger partial charge in [-0.1, -0.05) is 19.1 Å². The van der Waals surface area contributed by atoms with E-state index in [0.717, 1.165) is 12.0 Å². The van der Waals surface area contributed by atoms with Crippen LogP contribution in [0.25, 0.3) is 5.76 Å². The minimum absolute atomic E-state index is 0.0329. The van der Waals surface area contributed by atoms with Crippen LogP contribution in [0.1, 0.15) is 41.8 Å². The Kier molecular flexibility index (Phi) is 6.49. The summed E-state index contributed by atoms with van der Waals surface area (Å²) < 4.78 is 5.72. The molecule has 0 saturated carbocycles. The van der Waals surface area contributed by atoms with Crippen molar-refractivity contribution in [2.75, 3.05) is 6.61 Å². The number of ether oxygens (including phenoxy) is 1. The van der Waals surface area contributed by atoms with E-state index in [0.29, 0.717) is 29.2 Å². The van der Waals surface area contributed by atoms with Gasteiger partial charge in [-0.15, -0.1) is 0 Å². The average Bonchev–Trinajstić information content (AvgIpc) is 3.09. The predicted molar refractivity (Wildman–Crippen MR) is 123 cm³/mol. The van der Waals surface area contributed by atoms with Crippen molar-refractivity contribution >= 4 is 17.4 Å². The summed E-state index contributed by atoms with van der Waals surface area (Å²) in [6, 6.07) is 13.4. The number of aliphatic hydroxyl groups is 1. The Morgan fingerprint density at radius 1 is 1.12 bits per heavy atom. The first-order valence-corrected chi connectivity index (χ1v) is 10.8. The molecule has 0 spiro atoms. The smallest absolute Gasteiger partial charge is 0.296 e. The molecule has 3 aromatic rings. The number of pyridine rings is 2. The number of Topliss-reactive ketones (excluding diaryl/α,β-unsaturated/α-hetero) is 1. The maximum absolute atomic E-state index is 13.1. The molecule has 7 nitrogen and oxygen atoms in total. The van der Waals surface area contributed by atoms with Crippen molar-refractivity contribution in [3.05, 3.63) is 95.1 Å². The van der Waals surface area contributed by atoms with E-state index in [2.05, 4.69) is 9.97 Å². The van der Waals surface area contributed by atoms with Crippen LogP contribution in [-0.2, 0) is 16.1 Å². The zero-order chi connectivity index (χ0) is 23.4. The summed E-state index contributed by atoms with van der Waals surface area (Å²) in [4.78, 5) is 36.0. The minimum atomic E-state index is -0.781. The highest BCUT2D eigenvalue weighted by molar-refractivity contribution is 6.46. The van der Waals surface area contributed by atoms with Gasteiger partial charge in [0.15, 0.2) is 0 Å². The van der Waals surface area contributed by atoms with Gasteiger partial charge in [0, 0.05) is 24.2 Å². The van der Waals surface area contributed by atoms with E-state index in [1.165, 1.54) is 4.90 Å². The molecule has 1 atom stereocenters. The molecule has 1 fully saturated rings. The number of amides is 1.